The van der Waals surface area contributed by atoms with Gasteiger partial charge < -0.3 is 0 Å². The van der Waals surface area contributed by atoms with Gasteiger partial charge in [-0.3, -0.25) is 0 Å². The largest absolute Gasteiger partial charge is 0.271 e. The first-order valence-corrected chi connectivity index (χ1v) is 11.6. The van der Waals surface area contributed by atoms with Crippen LogP contribution in [0.4, 0.5) is 22.0 Å². The third-order valence-electron chi connectivity index (χ3n) is 6.54. The number of hydrogen-bond donors (Lipinski definition) is 0. The summed E-state index contributed by atoms with van der Waals surface area (Å²) in [6.07, 6.45) is 5.21. The summed E-state index contributed by atoms with van der Waals surface area (Å²) < 4.78 is 69.4. The van der Waals surface area contributed by atoms with Crippen molar-refractivity contribution in [3.05, 3.63) is 77.1 Å². The van der Waals surface area contributed by atoms with Crippen molar-refractivity contribution in [2.24, 2.45) is 11.8 Å². The highest BCUT2D eigenvalue weighted by molar-refractivity contribution is 5.89. The Morgan fingerprint density at radius 1 is 0.941 bits per heavy atom. The molecular formula is C29H25F5. The molecule has 0 aromatic heterocycles. The second-order valence-electron chi connectivity index (χ2n) is 8.93. The fourth-order valence-electron chi connectivity index (χ4n) is 4.80. The van der Waals surface area contributed by atoms with Crippen LogP contribution in [0.1, 0.15) is 56.6 Å². The maximum atomic E-state index is 14.9. The topological polar surface area (TPSA) is 0 Å². The number of rotatable bonds is 4. The van der Waals surface area contributed by atoms with Gasteiger partial charge in [-0.25, -0.2) is 13.2 Å². The zero-order valence-electron chi connectivity index (χ0n) is 18.9. The van der Waals surface area contributed by atoms with Gasteiger partial charge in [0, 0.05) is 28.5 Å². The Labute approximate surface area is 196 Å². The van der Waals surface area contributed by atoms with Gasteiger partial charge in [0.1, 0.15) is 17.5 Å². The SMILES string of the molecule is CCCC1CCC(C#Cc2cc(F)c(-c3ccc4c(F)c(C=C(F)F)ccc4c3)c(F)c2)CC1. The molecule has 0 N–H and O–H groups in total. The van der Waals surface area contributed by atoms with Crippen LogP contribution in [0.5, 0.6) is 0 Å². The second-order valence-corrected chi connectivity index (χ2v) is 8.93. The van der Waals surface area contributed by atoms with E-state index in [1.807, 2.05) is 0 Å². The summed E-state index contributed by atoms with van der Waals surface area (Å²) in [4.78, 5) is 0. The third-order valence-corrected chi connectivity index (χ3v) is 6.54. The van der Waals surface area contributed by atoms with E-state index >= 15 is 0 Å². The van der Waals surface area contributed by atoms with Crippen molar-refractivity contribution in [3.63, 3.8) is 0 Å². The van der Waals surface area contributed by atoms with Crippen molar-refractivity contribution in [1.82, 2.24) is 0 Å². The van der Waals surface area contributed by atoms with Crippen LogP contribution in [0, 0.1) is 41.1 Å². The molecule has 0 heterocycles. The summed E-state index contributed by atoms with van der Waals surface area (Å²) in [6, 6.07) is 9.26. The minimum absolute atomic E-state index is 0.0933. The maximum absolute atomic E-state index is 14.9. The number of halogens is 5. The smallest absolute Gasteiger partial charge is 0.206 e. The second kappa shape index (κ2) is 10.4. The zero-order chi connectivity index (χ0) is 24.2. The van der Waals surface area contributed by atoms with Crippen LogP contribution < -0.4 is 0 Å². The molecule has 0 unspecified atom stereocenters. The molecule has 34 heavy (non-hydrogen) atoms. The van der Waals surface area contributed by atoms with Crippen molar-refractivity contribution < 1.29 is 22.0 Å². The molecule has 4 rings (SSSR count). The van der Waals surface area contributed by atoms with E-state index in [4.69, 9.17) is 0 Å². The Kier molecular flexibility index (Phi) is 7.36. The van der Waals surface area contributed by atoms with Crippen molar-refractivity contribution in [2.45, 2.75) is 45.4 Å². The first kappa shape index (κ1) is 24.0. The minimum atomic E-state index is -2.01. The Morgan fingerprint density at radius 3 is 2.29 bits per heavy atom. The van der Waals surface area contributed by atoms with E-state index in [1.54, 1.807) is 0 Å². The molecular weight excluding hydrogens is 443 g/mol. The first-order valence-electron chi connectivity index (χ1n) is 11.6. The van der Waals surface area contributed by atoms with Crippen LogP contribution in [0.3, 0.4) is 0 Å². The standard InChI is InChI=1S/C29H25F5/c1-2-3-18-4-6-19(7-5-18)8-9-20-14-25(30)28(26(31)15-20)22-12-13-24-21(16-22)10-11-23(29(24)34)17-27(32)33/h10-19H,2-7H2,1H3. The number of fused-ring (bicyclic) bond motifs is 1. The van der Waals surface area contributed by atoms with Crippen LogP contribution in [-0.2, 0) is 0 Å². The van der Waals surface area contributed by atoms with Gasteiger partial charge >= 0.3 is 0 Å². The van der Waals surface area contributed by atoms with Gasteiger partial charge in [-0.05, 0) is 60.7 Å². The molecule has 3 aromatic rings. The minimum Gasteiger partial charge on any atom is -0.206 e. The molecule has 1 fully saturated rings. The molecule has 1 aliphatic carbocycles. The molecule has 0 bridgehead atoms. The average molecular weight is 469 g/mol. The van der Waals surface area contributed by atoms with E-state index in [0.29, 0.717) is 11.5 Å². The lowest BCUT2D eigenvalue weighted by Crippen LogP contribution is -2.13. The highest BCUT2D eigenvalue weighted by Crippen LogP contribution is 2.33. The van der Waals surface area contributed by atoms with Gasteiger partial charge in [-0.1, -0.05) is 55.9 Å². The van der Waals surface area contributed by atoms with Gasteiger partial charge in [0.25, 0.3) is 6.08 Å². The van der Waals surface area contributed by atoms with Crippen LogP contribution in [0.2, 0.25) is 0 Å². The first-order chi connectivity index (χ1) is 16.4. The van der Waals surface area contributed by atoms with Gasteiger partial charge in [0.15, 0.2) is 0 Å². The predicted molar refractivity (Wildman–Crippen MR) is 127 cm³/mol. The highest BCUT2D eigenvalue weighted by Gasteiger charge is 2.19. The average Bonchev–Trinajstić information content (AvgIpc) is 2.80. The molecule has 0 atom stereocenters. The molecule has 0 nitrogen and oxygen atoms in total. The third kappa shape index (κ3) is 5.33. The quantitative estimate of drug-likeness (QED) is 0.265. The number of benzene rings is 3. The van der Waals surface area contributed by atoms with Gasteiger partial charge in [-0.15, -0.1) is 0 Å². The molecule has 176 valence electrons. The fraction of sp³-hybridized carbons (Fsp3) is 0.310. The van der Waals surface area contributed by atoms with Gasteiger partial charge in [-0.2, -0.15) is 8.78 Å². The number of hydrogen-bond acceptors (Lipinski definition) is 0. The molecule has 1 aliphatic rings. The lowest BCUT2D eigenvalue weighted by molar-refractivity contribution is 0.300. The predicted octanol–water partition coefficient (Wildman–Crippen LogP) is 9.12. The molecule has 0 saturated heterocycles. The summed E-state index contributed by atoms with van der Waals surface area (Å²) in [5.74, 6) is 4.81. The van der Waals surface area contributed by atoms with Crippen LogP contribution >= 0.6 is 0 Å². The van der Waals surface area contributed by atoms with E-state index in [-0.39, 0.29) is 33.6 Å². The fourth-order valence-corrected chi connectivity index (χ4v) is 4.80. The molecule has 1 saturated carbocycles. The lowest BCUT2D eigenvalue weighted by atomic mass is 9.80. The molecule has 5 heteroatoms. The Hall–Kier alpha value is -3.13. The Balaban J connectivity index is 1.58. The lowest BCUT2D eigenvalue weighted by Gasteiger charge is -2.25. The van der Waals surface area contributed by atoms with Crippen LogP contribution in [0.15, 0.2) is 48.5 Å². The van der Waals surface area contributed by atoms with Crippen molar-refractivity contribution in [1.29, 1.82) is 0 Å². The summed E-state index contributed by atoms with van der Waals surface area (Å²) in [5.41, 5.74) is 0.0349. The van der Waals surface area contributed by atoms with Crippen LogP contribution in [-0.4, -0.2) is 0 Å². The summed E-state index contributed by atoms with van der Waals surface area (Å²) >= 11 is 0. The monoisotopic (exact) mass is 468 g/mol. The highest BCUT2D eigenvalue weighted by atomic mass is 19.3. The van der Waals surface area contributed by atoms with E-state index in [2.05, 4.69) is 18.8 Å². The van der Waals surface area contributed by atoms with E-state index in [9.17, 15) is 22.0 Å². The summed E-state index contributed by atoms with van der Waals surface area (Å²) in [5, 5.41) is 0.448. The summed E-state index contributed by atoms with van der Waals surface area (Å²) in [6.45, 7) is 2.19. The summed E-state index contributed by atoms with van der Waals surface area (Å²) in [7, 11) is 0. The molecule has 0 radical (unpaired) electrons. The zero-order valence-corrected chi connectivity index (χ0v) is 18.9. The molecule has 3 aromatic carbocycles. The van der Waals surface area contributed by atoms with E-state index in [1.165, 1.54) is 55.3 Å². The van der Waals surface area contributed by atoms with Crippen molar-refractivity contribution in [3.8, 4) is 23.0 Å². The molecule has 0 amide bonds. The Bertz CT molecular complexity index is 1260. The maximum Gasteiger partial charge on any atom is 0.271 e. The van der Waals surface area contributed by atoms with Gasteiger partial charge in [0.05, 0.1) is 5.56 Å². The molecule has 0 aliphatic heterocycles. The Morgan fingerprint density at radius 2 is 1.65 bits per heavy atom. The normalized spacial score (nSPS) is 17.8. The van der Waals surface area contributed by atoms with Gasteiger partial charge in [0.2, 0.25) is 0 Å². The van der Waals surface area contributed by atoms with Crippen molar-refractivity contribution in [2.75, 3.05) is 0 Å². The van der Waals surface area contributed by atoms with E-state index < -0.39 is 23.5 Å². The van der Waals surface area contributed by atoms with Crippen LogP contribution in [0.25, 0.3) is 28.0 Å². The molecule has 0 spiro atoms. The van der Waals surface area contributed by atoms with Crippen molar-refractivity contribution >= 4 is 16.8 Å². The van der Waals surface area contributed by atoms with E-state index in [0.717, 1.165) is 31.6 Å².